The molecule has 0 radical (unpaired) electrons. The lowest BCUT2D eigenvalue weighted by atomic mass is 10.2. The lowest BCUT2D eigenvalue weighted by Gasteiger charge is -2.27. The van der Waals surface area contributed by atoms with Gasteiger partial charge in [0.15, 0.2) is 0 Å². The summed E-state index contributed by atoms with van der Waals surface area (Å²) in [5.74, 6) is 2.37. The highest BCUT2D eigenvalue weighted by Crippen LogP contribution is 2.16. The van der Waals surface area contributed by atoms with Crippen molar-refractivity contribution in [3.05, 3.63) is 0 Å². The maximum Gasteiger partial charge on any atom is 0.248 e. The molecule has 1 fully saturated rings. The van der Waals surface area contributed by atoms with E-state index in [0.717, 1.165) is 30.9 Å². The van der Waals surface area contributed by atoms with Crippen LogP contribution in [0, 0.1) is 0 Å². The minimum atomic E-state index is 0.148. The molecule has 1 rings (SSSR count). The molecule has 3 nitrogen and oxygen atoms in total. The van der Waals surface area contributed by atoms with Crippen LogP contribution < -0.4 is 0 Å². The summed E-state index contributed by atoms with van der Waals surface area (Å²) < 4.78 is 5.50. The van der Waals surface area contributed by atoms with Gasteiger partial charge in [-0.25, -0.2) is 0 Å². The molecule has 0 aliphatic carbocycles. The van der Waals surface area contributed by atoms with Crippen molar-refractivity contribution in [2.24, 2.45) is 0 Å². The third-order valence-corrected chi connectivity index (χ3v) is 4.07. The molecular weight excluding hydrogens is 222 g/mol. The summed E-state index contributed by atoms with van der Waals surface area (Å²) >= 11 is 1.93. The molecule has 16 heavy (non-hydrogen) atoms. The molecule has 1 saturated heterocycles. The topological polar surface area (TPSA) is 29.5 Å². The van der Waals surface area contributed by atoms with Crippen LogP contribution in [0.3, 0.4) is 0 Å². The molecule has 1 amide bonds. The van der Waals surface area contributed by atoms with Gasteiger partial charge in [0, 0.05) is 18.3 Å². The van der Waals surface area contributed by atoms with E-state index in [1.165, 1.54) is 0 Å². The Bertz CT molecular complexity index is 223. The molecule has 0 bridgehead atoms. The second-order valence-corrected chi connectivity index (χ2v) is 5.59. The Kier molecular flexibility index (Phi) is 6.21. The summed E-state index contributed by atoms with van der Waals surface area (Å²) in [5, 5.41) is 0. The molecule has 1 heterocycles. The Hall–Kier alpha value is -0.220. The predicted octanol–water partition coefficient (Wildman–Crippen LogP) is 2.16. The van der Waals surface area contributed by atoms with E-state index >= 15 is 0 Å². The average molecular weight is 245 g/mol. The smallest absolute Gasteiger partial charge is 0.248 e. The Morgan fingerprint density at radius 2 is 2.31 bits per heavy atom. The Balaban J connectivity index is 2.38. The van der Waals surface area contributed by atoms with Gasteiger partial charge in [-0.2, -0.15) is 11.8 Å². The van der Waals surface area contributed by atoms with Crippen LogP contribution in [0.4, 0.5) is 0 Å². The maximum atomic E-state index is 12.0. The Morgan fingerprint density at radius 3 is 3.00 bits per heavy atom. The monoisotopic (exact) mass is 245 g/mol. The molecule has 4 heteroatoms. The lowest BCUT2D eigenvalue weighted by molar-refractivity contribution is -0.139. The quantitative estimate of drug-likeness (QED) is 0.760. The van der Waals surface area contributed by atoms with E-state index in [1.807, 2.05) is 23.6 Å². The van der Waals surface area contributed by atoms with Gasteiger partial charge in [-0.15, -0.1) is 0 Å². The second kappa shape index (κ2) is 7.17. The van der Waals surface area contributed by atoms with Crippen molar-refractivity contribution in [1.29, 1.82) is 0 Å². The summed E-state index contributed by atoms with van der Waals surface area (Å²) in [4.78, 5) is 13.9. The largest absolute Gasteiger partial charge is 0.369 e. The second-order valence-electron chi connectivity index (χ2n) is 4.37. The van der Waals surface area contributed by atoms with Crippen molar-refractivity contribution in [3.63, 3.8) is 0 Å². The van der Waals surface area contributed by atoms with Gasteiger partial charge in [0.2, 0.25) is 5.91 Å². The Labute approximate surface area is 103 Å². The zero-order valence-corrected chi connectivity index (χ0v) is 11.4. The number of nitrogens with zero attached hydrogens (tertiary/aromatic N) is 1. The highest BCUT2D eigenvalue weighted by Gasteiger charge is 2.22. The number of carbonyl (C=O) groups excluding carboxylic acids is 1. The first-order valence-corrected chi connectivity index (χ1v) is 7.29. The zero-order chi connectivity index (χ0) is 12.0. The SMILES string of the molecule is CC[C@H](C)OCC(=O)N1CCSCC[C@H]1C. The highest BCUT2D eigenvalue weighted by molar-refractivity contribution is 7.99. The van der Waals surface area contributed by atoms with E-state index in [0.29, 0.717) is 6.04 Å². The predicted molar refractivity (Wildman–Crippen MR) is 68.8 cm³/mol. The minimum Gasteiger partial charge on any atom is -0.369 e. The molecule has 2 atom stereocenters. The minimum absolute atomic E-state index is 0.148. The first-order chi connectivity index (χ1) is 7.65. The number of thioether (sulfide) groups is 1. The Morgan fingerprint density at radius 1 is 1.56 bits per heavy atom. The van der Waals surface area contributed by atoms with E-state index in [-0.39, 0.29) is 18.6 Å². The number of carbonyl (C=O) groups is 1. The van der Waals surface area contributed by atoms with E-state index in [9.17, 15) is 4.79 Å². The molecule has 1 aliphatic rings. The first kappa shape index (κ1) is 13.8. The van der Waals surface area contributed by atoms with Gasteiger partial charge in [-0.1, -0.05) is 6.92 Å². The van der Waals surface area contributed by atoms with Crippen LogP contribution in [0.15, 0.2) is 0 Å². The third kappa shape index (κ3) is 4.34. The van der Waals surface area contributed by atoms with Crippen molar-refractivity contribution in [2.45, 2.75) is 45.8 Å². The standard InChI is InChI=1S/C12H23NO2S/c1-4-11(3)15-9-12(14)13-6-8-16-7-5-10(13)2/h10-11H,4-9H2,1-3H3/t10-,11+/m1/s1. The summed E-state index contributed by atoms with van der Waals surface area (Å²) in [7, 11) is 0. The van der Waals surface area contributed by atoms with E-state index < -0.39 is 0 Å². The van der Waals surface area contributed by atoms with Gasteiger partial charge >= 0.3 is 0 Å². The van der Waals surface area contributed by atoms with Crippen LogP contribution in [0.25, 0.3) is 0 Å². The van der Waals surface area contributed by atoms with Gasteiger partial charge in [0.1, 0.15) is 6.61 Å². The van der Waals surface area contributed by atoms with Gasteiger partial charge < -0.3 is 9.64 Å². The van der Waals surface area contributed by atoms with Crippen molar-refractivity contribution >= 4 is 17.7 Å². The van der Waals surface area contributed by atoms with E-state index in [2.05, 4.69) is 13.8 Å². The van der Waals surface area contributed by atoms with E-state index in [1.54, 1.807) is 0 Å². The fourth-order valence-corrected chi connectivity index (χ4v) is 2.72. The highest BCUT2D eigenvalue weighted by atomic mass is 32.2. The molecule has 94 valence electrons. The third-order valence-electron chi connectivity index (χ3n) is 3.08. The van der Waals surface area contributed by atoms with Crippen LogP contribution in [0.5, 0.6) is 0 Å². The van der Waals surface area contributed by atoms with Gasteiger partial charge in [-0.05, 0) is 32.4 Å². The van der Waals surface area contributed by atoms with Gasteiger partial charge in [0.05, 0.1) is 6.10 Å². The fourth-order valence-electron chi connectivity index (χ4n) is 1.68. The lowest BCUT2D eigenvalue weighted by Crippen LogP contribution is -2.41. The van der Waals surface area contributed by atoms with Crippen molar-refractivity contribution in [1.82, 2.24) is 4.90 Å². The molecule has 0 unspecified atom stereocenters. The molecule has 1 aliphatic heterocycles. The zero-order valence-electron chi connectivity index (χ0n) is 10.6. The molecule has 0 saturated carbocycles. The van der Waals surface area contributed by atoms with Crippen LogP contribution in [0.2, 0.25) is 0 Å². The number of amides is 1. The van der Waals surface area contributed by atoms with E-state index in [4.69, 9.17) is 4.74 Å². The van der Waals surface area contributed by atoms with Gasteiger partial charge in [0.25, 0.3) is 0 Å². The summed E-state index contributed by atoms with van der Waals surface area (Å²) in [5.41, 5.74) is 0. The van der Waals surface area contributed by atoms with Crippen LogP contribution >= 0.6 is 11.8 Å². The molecule has 0 aromatic carbocycles. The number of rotatable bonds is 4. The van der Waals surface area contributed by atoms with Crippen molar-refractivity contribution < 1.29 is 9.53 Å². The molecule has 0 N–H and O–H groups in total. The van der Waals surface area contributed by atoms with Crippen molar-refractivity contribution in [3.8, 4) is 0 Å². The van der Waals surface area contributed by atoms with Crippen LogP contribution in [0.1, 0.15) is 33.6 Å². The average Bonchev–Trinajstić information content (AvgIpc) is 2.50. The number of ether oxygens (including phenoxy) is 1. The molecule has 0 aromatic rings. The van der Waals surface area contributed by atoms with Crippen LogP contribution in [-0.4, -0.2) is 47.6 Å². The van der Waals surface area contributed by atoms with Crippen LogP contribution in [-0.2, 0) is 9.53 Å². The first-order valence-electron chi connectivity index (χ1n) is 6.14. The molecular formula is C12H23NO2S. The van der Waals surface area contributed by atoms with Crippen molar-refractivity contribution in [2.75, 3.05) is 24.7 Å². The molecule has 0 spiro atoms. The maximum absolute atomic E-state index is 12.0. The van der Waals surface area contributed by atoms with Gasteiger partial charge in [-0.3, -0.25) is 4.79 Å². The summed E-state index contributed by atoms with van der Waals surface area (Å²) in [6, 6.07) is 0.364. The normalized spacial score (nSPS) is 23.9. The number of hydrogen-bond acceptors (Lipinski definition) is 3. The summed E-state index contributed by atoms with van der Waals surface area (Å²) in [6.07, 6.45) is 2.24. The summed E-state index contributed by atoms with van der Waals surface area (Å²) in [6.45, 7) is 7.32. The molecule has 0 aromatic heterocycles. The fraction of sp³-hybridized carbons (Fsp3) is 0.917. The number of hydrogen-bond donors (Lipinski definition) is 0.